The van der Waals surface area contributed by atoms with Gasteiger partial charge in [-0.05, 0) is 38.6 Å². The molecule has 0 saturated carbocycles. The number of allylic oxidation sites excluding steroid dienone is 1. The first-order valence-corrected chi connectivity index (χ1v) is 7.27. The SMILES string of the molecule is C=CCCCCN1C2CCC1c1cnc(N)nc1C2. The molecule has 1 saturated heterocycles. The summed E-state index contributed by atoms with van der Waals surface area (Å²) < 4.78 is 0. The third-order valence-corrected chi connectivity index (χ3v) is 4.42. The van der Waals surface area contributed by atoms with E-state index < -0.39 is 0 Å². The lowest BCUT2D eigenvalue weighted by molar-refractivity contribution is 0.172. The van der Waals surface area contributed by atoms with Crippen LogP contribution >= 0.6 is 0 Å². The van der Waals surface area contributed by atoms with Gasteiger partial charge in [-0.3, -0.25) is 4.90 Å². The molecule has 3 rings (SSSR count). The second-order valence-electron chi connectivity index (χ2n) is 5.60. The van der Waals surface area contributed by atoms with Crippen molar-refractivity contribution in [3.63, 3.8) is 0 Å². The summed E-state index contributed by atoms with van der Waals surface area (Å²) in [7, 11) is 0. The Hall–Kier alpha value is -1.42. The number of aromatic nitrogens is 2. The van der Waals surface area contributed by atoms with Gasteiger partial charge >= 0.3 is 0 Å². The summed E-state index contributed by atoms with van der Waals surface area (Å²) in [6.07, 6.45) is 11.1. The maximum Gasteiger partial charge on any atom is 0.220 e. The van der Waals surface area contributed by atoms with Crippen molar-refractivity contribution in [2.24, 2.45) is 0 Å². The Bertz CT molecular complexity index is 471. The second kappa shape index (κ2) is 5.29. The van der Waals surface area contributed by atoms with Gasteiger partial charge in [0.2, 0.25) is 5.95 Å². The minimum atomic E-state index is 0.414. The van der Waals surface area contributed by atoms with Crippen LogP contribution in [0.2, 0.25) is 0 Å². The fourth-order valence-corrected chi connectivity index (χ4v) is 3.52. The molecule has 102 valence electrons. The summed E-state index contributed by atoms with van der Waals surface area (Å²) in [5.41, 5.74) is 8.19. The average Bonchev–Trinajstić information content (AvgIpc) is 2.68. The van der Waals surface area contributed by atoms with Gasteiger partial charge in [-0.1, -0.05) is 6.08 Å². The van der Waals surface area contributed by atoms with Gasteiger partial charge in [0.1, 0.15) is 0 Å². The van der Waals surface area contributed by atoms with E-state index in [0.717, 1.165) is 12.8 Å². The average molecular weight is 258 g/mol. The van der Waals surface area contributed by atoms with Crippen LogP contribution < -0.4 is 5.73 Å². The van der Waals surface area contributed by atoms with Crippen LogP contribution in [-0.2, 0) is 6.42 Å². The van der Waals surface area contributed by atoms with Crippen LogP contribution in [0.15, 0.2) is 18.9 Å². The number of nitrogen functional groups attached to an aromatic ring is 1. The predicted octanol–water partition coefficient (Wildman–Crippen LogP) is 2.48. The van der Waals surface area contributed by atoms with E-state index in [1.807, 2.05) is 12.3 Å². The van der Waals surface area contributed by atoms with E-state index in [2.05, 4.69) is 21.4 Å². The molecular weight excluding hydrogens is 236 g/mol. The molecule has 0 radical (unpaired) electrons. The molecule has 4 nitrogen and oxygen atoms in total. The monoisotopic (exact) mass is 258 g/mol. The summed E-state index contributed by atoms with van der Waals surface area (Å²) >= 11 is 0. The van der Waals surface area contributed by atoms with Gasteiger partial charge in [-0.25, -0.2) is 9.97 Å². The molecule has 1 aromatic rings. The van der Waals surface area contributed by atoms with Gasteiger partial charge in [0, 0.05) is 30.3 Å². The highest BCUT2D eigenvalue weighted by Gasteiger charge is 2.40. The van der Waals surface area contributed by atoms with Crippen molar-refractivity contribution in [3.8, 4) is 0 Å². The van der Waals surface area contributed by atoms with E-state index in [9.17, 15) is 0 Å². The standard InChI is InChI=1S/C15H22N4/c1-2-3-4-5-8-19-11-6-7-14(19)12-10-17-15(16)18-13(12)9-11/h2,10-11,14H,1,3-9H2,(H2,16,17,18). The van der Waals surface area contributed by atoms with Gasteiger partial charge in [-0.15, -0.1) is 6.58 Å². The topological polar surface area (TPSA) is 55.0 Å². The molecule has 19 heavy (non-hydrogen) atoms. The van der Waals surface area contributed by atoms with Crippen LogP contribution in [0.3, 0.4) is 0 Å². The zero-order valence-electron chi connectivity index (χ0n) is 11.4. The summed E-state index contributed by atoms with van der Waals surface area (Å²) in [6.45, 7) is 4.97. The van der Waals surface area contributed by atoms with Gasteiger partial charge < -0.3 is 5.73 Å². The van der Waals surface area contributed by atoms with Gasteiger partial charge in [0.05, 0.1) is 5.69 Å². The molecule has 0 spiro atoms. The second-order valence-corrected chi connectivity index (χ2v) is 5.60. The minimum Gasteiger partial charge on any atom is -0.368 e. The first-order valence-electron chi connectivity index (χ1n) is 7.27. The van der Waals surface area contributed by atoms with E-state index in [4.69, 9.17) is 5.73 Å². The molecule has 0 aliphatic carbocycles. The summed E-state index contributed by atoms with van der Waals surface area (Å²) in [5, 5.41) is 0. The summed E-state index contributed by atoms with van der Waals surface area (Å²) in [6, 6.07) is 1.19. The van der Waals surface area contributed by atoms with Gasteiger partial charge in [-0.2, -0.15) is 0 Å². The number of hydrogen-bond donors (Lipinski definition) is 1. The zero-order valence-corrected chi connectivity index (χ0v) is 11.4. The van der Waals surface area contributed by atoms with Crippen LogP contribution in [0, 0.1) is 0 Å². The number of hydrogen-bond acceptors (Lipinski definition) is 4. The Labute approximate surface area is 114 Å². The highest BCUT2D eigenvalue weighted by molar-refractivity contribution is 5.32. The Morgan fingerprint density at radius 1 is 1.42 bits per heavy atom. The molecule has 1 fully saturated rings. The van der Waals surface area contributed by atoms with Crippen LogP contribution in [0.25, 0.3) is 0 Å². The third kappa shape index (κ3) is 2.37. The minimum absolute atomic E-state index is 0.414. The molecule has 2 aliphatic heterocycles. The molecule has 3 heterocycles. The Balaban J connectivity index is 1.72. The highest BCUT2D eigenvalue weighted by atomic mass is 15.2. The third-order valence-electron chi connectivity index (χ3n) is 4.42. The Morgan fingerprint density at radius 2 is 2.32 bits per heavy atom. The number of unbranched alkanes of at least 4 members (excludes halogenated alkanes) is 2. The molecule has 4 heteroatoms. The molecule has 2 N–H and O–H groups in total. The normalized spacial score (nSPS) is 25.3. The van der Waals surface area contributed by atoms with Crippen molar-refractivity contribution in [2.75, 3.05) is 12.3 Å². The van der Waals surface area contributed by atoms with Crippen LogP contribution in [0.5, 0.6) is 0 Å². The van der Waals surface area contributed by atoms with E-state index in [-0.39, 0.29) is 0 Å². The smallest absolute Gasteiger partial charge is 0.220 e. The van der Waals surface area contributed by atoms with Crippen molar-refractivity contribution in [1.82, 2.24) is 14.9 Å². The van der Waals surface area contributed by atoms with E-state index >= 15 is 0 Å². The Kier molecular flexibility index (Phi) is 3.51. The summed E-state index contributed by atoms with van der Waals surface area (Å²) in [4.78, 5) is 11.3. The molecule has 2 atom stereocenters. The van der Waals surface area contributed by atoms with Crippen LogP contribution in [0.1, 0.15) is 49.4 Å². The number of fused-ring (bicyclic) bond motifs is 4. The maximum absolute atomic E-state index is 5.70. The largest absolute Gasteiger partial charge is 0.368 e. The van der Waals surface area contributed by atoms with E-state index in [1.165, 1.54) is 43.5 Å². The Morgan fingerprint density at radius 3 is 3.16 bits per heavy atom. The lowest BCUT2D eigenvalue weighted by Gasteiger charge is -2.35. The lowest BCUT2D eigenvalue weighted by atomic mass is 9.99. The lowest BCUT2D eigenvalue weighted by Crippen LogP contribution is -2.38. The molecule has 0 aromatic carbocycles. The number of nitrogens with zero attached hydrogens (tertiary/aromatic N) is 3. The predicted molar refractivity (Wildman–Crippen MR) is 76.7 cm³/mol. The first kappa shape index (κ1) is 12.6. The van der Waals surface area contributed by atoms with Crippen LogP contribution in [-0.4, -0.2) is 27.5 Å². The number of anilines is 1. The number of rotatable bonds is 5. The number of nitrogens with two attached hydrogens (primary N) is 1. The van der Waals surface area contributed by atoms with Crippen molar-refractivity contribution in [3.05, 3.63) is 30.1 Å². The van der Waals surface area contributed by atoms with Gasteiger partial charge in [0.15, 0.2) is 0 Å². The quantitative estimate of drug-likeness (QED) is 0.651. The van der Waals surface area contributed by atoms with Crippen molar-refractivity contribution in [2.45, 2.75) is 50.6 Å². The highest BCUT2D eigenvalue weighted by Crippen LogP contribution is 2.42. The first-order chi connectivity index (χ1) is 9.29. The van der Waals surface area contributed by atoms with Crippen molar-refractivity contribution < 1.29 is 0 Å². The fourth-order valence-electron chi connectivity index (χ4n) is 3.52. The molecule has 2 bridgehead atoms. The molecular formula is C15H22N4. The summed E-state index contributed by atoms with van der Waals surface area (Å²) in [5.74, 6) is 0.414. The van der Waals surface area contributed by atoms with E-state index in [0.29, 0.717) is 18.0 Å². The van der Waals surface area contributed by atoms with E-state index in [1.54, 1.807) is 0 Å². The molecule has 2 aliphatic rings. The van der Waals surface area contributed by atoms with Crippen LogP contribution in [0.4, 0.5) is 5.95 Å². The van der Waals surface area contributed by atoms with Crippen molar-refractivity contribution in [1.29, 1.82) is 0 Å². The maximum atomic E-state index is 5.70. The zero-order chi connectivity index (χ0) is 13.2. The fraction of sp³-hybridized carbons (Fsp3) is 0.600. The molecule has 1 aromatic heterocycles. The van der Waals surface area contributed by atoms with Gasteiger partial charge in [0.25, 0.3) is 0 Å². The molecule has 2 unspecified atom stereocenters. The van der Waals surface area contributed by atoms with Crippen molar-refractivity contribution >= 4 is 5.95 Å². The molecule has 0 amide bonds.